The lowest BCUT2D eigenvalue weighted by molar-refractivity contribution is 0.125. The Morgan fingerprint density at radius 2 is 1.85 bits per heavy atom. The second-order valence-electron chi connectivity index (χ2n) is 5.68. The minimum atomic E-state index is -3.74. The van der Waals surface area contributed by atoms with Crippen LogP contribution in [0.15, 0.2) is 29.2 Å². The van der Waals surface area contributed by atoms with Gasteiger partial charge in [0.2, 0.25) is 10.0 Å². The van der Waals surface area contributed by atoms with Gasteiger partial charge in [-0.25, -0.2) is 17.5 Å². The molecule has 1 fully saturated rings. The molecule has 4 nitrogen and oxygen atoms in total. The van der Waals surface area contributed by atoms with E-state index in [2.05, 4.69) is 11.6 Å². The third kappa shape index (κ3) is 3.37. The number of halogens is 1. The molecular formula is C14H20FNO3S. The van der Waals surface area contributed by atoms with Crippen molar-refractivity contribution < 1.29 is 17.9 Å². The van der Waals surface area contributed by atoms with Gasteiger partial charge < -0.3 is 5.11 Å². The summed E-state index contributed by atoms with van der Waals surface area (Å²) in [4.78, 5) is 0.0188. The minimum absolute atomic E-state index is 0.0188. The van der Waals surface area contributed by atoms with E-state index >= 15 is 0 Å². The molecule has 2 rings (SSSR count). The van der Waals surface area contributed by atoms with Gasteiger partial charge in [-0.2, -0.15) is 0 Å². The van der Waals surface area contributed by atoms with Gasteiger partial charge in [0.15, 0.2) is 0 Å². The predicted molar refractivity (Wildman–Crippen MR) is 74.2 cm³/mol. The zero-order valence-electron chi connectivity index (χ0n) is 11.5. The van der Waals surface area contributed by atoms with E-state index in [1.807, 2.05) is 0 Å². The van der Waals surface area contributed by atoms with Crippen LogP contribution in [-0.4, -0.2) is 25.7 Å². The van der Waals surface area contributed by atoms with E-state index in [0.29, 0.717) is 18.8 Å². The molecule has 112 valence electrons. The van der Waals surface area contributed by atoms with Crippen LogP contribution < -0.4 is 4.72 Å². The van der Waals surface area contributed by atoms with Gasteiger partial charge in [-0.1, -0.05) is 6.92 Å². The van der Waals surface area contributed by atoms with Crippen LogP contribution in [0.1, 0.15) is 32.6 Å². The van der Waals surface area contributed by atoms with E-state index in [4.69, 9.17) is 0 Å². The molecule has 0 heterocycles. The third-order valence-corrected chi connectivity index (χ3v) is 5.60. The van der Waals surface area contributed by atoms with Crippen LogP contribution in [-0.2, 0) is 10.0 Å². The molecule has 0 aliphatic heterocycles. The standard InChI is InChI=1S/C14H20FNO3S/c1-11-6-8-14(10-17,9-7-11)16-20(18,19)13-4-2-12(15)3-5-13/h2-5,11,16-17H,6-10H2,1H3. The Balaban J connectivity index is 2.20. The Morgan fingerprint density at radius 1 is 1.30 bits per heavy atom. The highest BCUT2D eigenvalue weighted by Gasteiger charge is 2.37. The van der Waals surface area contributed by atoms with E-state index in [-0.39, 0.29) is 11.5 Å². The number of hydrogen-bond donors (Lipinski definition) is 2. The summed E-state index contributed by atoms with van der Waals surface area (Å²) in [5, 5.41) is 9.60. The average Bonchev–Trinajstić information content (AvgIpc) is 2.42. The highest BCUT2D eigenvalue weighted by Crippen LogP contribution is 2.32. The molecule has 1 aromatic carbocycles. The fourth-order valence-electron chi connectivity index (χ4n) is 2.56. The quantitative estimate of drug-likeness (QED) is 0.894. The highest BCUT2D eigenvalue weighted by molar-refractivity contribution is 7.89. The monoisotopic (exact) mass is 301 g/mol. The Morgan fingerprint density at radius 3 is 2.35 bits per heavy atom. The fourth-order valence-corrected chi connectivity index (χ4v) is 4.02. The Labute approximate surface area is 119 Å². The molecule has 0 unspecified atom stereocenters. The molecule has 0 atom stereocenters. The summed E-state index contributed by atoms with van der Waals surface area (Å²) < 4.78 is 40.1. The number of rotatable bonds is 4. The highest BCUT2D eigenvalue weighted by atomic mass is 32.2. The lowest BCUT2D eigenvalue weighted by Crippen LogP contribution is -2.53. The van der Waals surface area contributed by atoms with Crippen molar-refractivity contribution in [3.63, 3.8) is 0 Å². The van der Waals surface area contributed by atoms with Gasteiger partial charge in [-0.15, -0.1) is 0 Å². The zero-order valence-corrected chi connectivity index (χ0v) is 12.3. The fraction of sp³-hybridized carbons (Fsp3) is 0.571. The molecule has 0 amide bonds. The smallest absolute Gasteiger partial charge is 0.241 e. The first-order valence-electron chi connectivity index (χ1n) is 6.77. The summed E-state index contributed by atoms with van der Waals surface area (Å²) in [7, 11) is -3.74. The molecule has 6 heteroatoms. The zero-order chi connectivity index (χ0) is 14.8. The largest absolute Gasteiger partial charge is 0.394 e. The van der Waals surface area contributed by atoms with Crippen LogP contribution in [0.2, 0.25) is 0 Å². The first kappa shape index (κ1) is 15.4. The SMILES string of the molecule is CC1CCC(CO)(NS(=O)(=O)c2ccc(F)cc2)CC1. The van der Waals surface area contributed by atoms with Gasteiger partial charge in [-0.05, 0) is 55.9 Å². The van der Waals surface area contributed by atoms with Crippen LogP contribution in [0.25, 0.3) is 0 Å². The number of aliphatic hydroxyl groups excluding tert-OH is 1. The first-order valence-corrected chi connectivity index (χ1v) is 8.26. The van der Waals surface area contributed by atoms with Gasteiger partial charge in [-0.3, -0.25) is 0 Å². The number of sulfonamides is 1. The van der Waals surface area contributed by atoms with Crippen LogP contribution in [0, 0.1) is 11.7 Å². The molecule has 0 saturated heterocycles. The molecule has 0 aromatic heterocycles. The third-order valence-electron chi connectivity index (χ3n) is 4.01. The van der Waals surface area contributed by atoms with Gasteiger partial charge in [0.1, 0.15) is 5.82 Å². The molecule has 1 aliphatic rings. The van der Waals surface area contributed by atoms with Crippen molar-refractivity contribution in [3.05, 3.63) is 30.1 Å². The topological polar surface area (TPSA) is 66.4 Å². The van der Waals surface area contributed by atoms with Gasteiger partial charge in [0.25, 0.3) is 0 Å². The maximum Gasteiger partial charge on any atom is 0.241 e. The molecule has 0 bridgehead atoms. The van der Waals surface area contributed by atoms with E-state index < -0.39 is 21.4 Å². The van der Waals surface area contributed by atoms with Crippen LogP contribution in [0.3, 0.4) is 0 Å². The Kier molecular flexibility index (Phi) is 4.46. The average molecular weight is 301 g/mol. The summed E-state index contributed by atoms with van der Waals surface area (Å²) in [6, 6.07) is 4.69. The van der Waals surface area contributed by atoms with Crippen molar-refractivity contribution in [2.75, 3.05) is 6.61 Å². The molecule has 20 heavy (non-hydrogen) atoms. The summed E-state index contributed by atoms with van der Waals surface area (Å²) >= 11 is 0. The van der Waals surface area contributed by atoms with Crippen molar-refractivity contribution in [2.45, 2.75) is 43.0 Å². The van der Waals surface area contributed by atoms with Crippen LogP contribution in [0.4, 0.5) is 4.39 Å². The first-order chi connectivity index (χ1) is 9.37. The maximum atomic E-state index is 12.9. The molecule has 2 N–H and O–H groups in total. The van der Waals surface area contributed by atoms with Crippen molar-refractivity contribution in [1.82, 2.24) is 4.72 Å². The molecule has 0 spiro atoms. The van der Waals surface area contributed by atoms with E-state index in [1.54, 1.807) is 0 Å². The Bertz CT molecular complexity index is 548. The lowest BCUT2D eigenvalue weighted by Gasteiger charge is -2.38. The van der Waals surface area contributed by atoms with Gasteiger partial charge >= 0.3 is 0 Å². The van der Waals surface area contributed by atoms with Gasteiger partial charge in [0.05, 0.1) is 17.0 Å². The summed E-state index contributed by atoms with van der Waals surface area (Å²) in [6.45, 7) is 1.90. The molecule has 1 aliphatic carbocycles. The van der Waals surface area contributed by atoms with Gasteiger partial charge in [0, 0.05) is 0 Å². The number of hydrogen-bond acceptors (Lipinski definition) is 3. The number of aliphatic hydroxyl groups is 1. The lowest BCUT2D eigenvalue weighted by atomic mass is 9.78. The van der Waals surface area contributed by atoms with Crippen LogP contribution in [0.5, 0.6) is 0 Å². The molecule has 1 aromatic rings. The number of benzene rings is 1. The molecule has 1 saturated carbocycles. The summed E-state index contributed by atoms with van der Waals surface area (Å²) in [6.07, 6.45) is 3.00. The predicted octanol–water partition coefficient (Wildman–Crippen LogP) is 2.05. The van der Waals surface area contributed by atoms with E-state index in [9.17, 15) is 17.9 Å². The molecular weight excluding hydrogens is 281 g/mol. The van der Waals surface area contributed by atoms with E-state index in [1.165, 1.54) is 12.1 Å². The second kappa shape index (κ2) is 5.79. The molecule has 0 radical (unpaired) electrons. The van der Waals surface area contributed by atoms with Crippen LogP contribution >= 0.6 is 0 Å². The van der Waals surface area contributed by atoms with Crippen molar-refractivity contribution in [2.24, 2.45) is 5.92 Å². The summed E-state index contributed by atoms with van der Waals surface area (Å²) in [5.41, 5.74) is -0.792. The van der Waals surface area contributed by atoms with Crippen molar-refractivity contribution in [1.29, 1.82) is 0 Å². The van der Waals surface area contributed by atoms with Crippen molar-refractivity contribution in [3.8, 4) is 0 Å². The van der Waals surface area contributed by atoms with Crippen molar-refractivity contribution >= 4 is 10.0 Å². The van der Waals surface area contributed by atoms with E-state index in [0.717, 1.165) is 25.0 Å². The summed E-state index contributed by atoms with van der Waals surface area (Å²) in [5.74, 6) is 0.0670. The second-order valence-corrected chi connectivity index (χ2v) is 7.36. The normalized spacial score (nSPS) is 27.4. The maximum absolute atomic E-state index is 12.9. The Hall–Kier alpha value is -0.980. The minimum Gasteiger partial charge on any atom is -0.394 e. The number of nitrogens with one attached hydrogen (secondary N) is 1.